The lowest BCUT2D eigenvalue weighted by Gasteiger charge is -2.34. The Hall–Kier alpha value is -2.77. The third-order valence-corrected chi connectivity index (χ3v) is 3.98. The number of nitrogens with zero attached hydrogens (tertiary/aromatic N) is 1. The van der Waals surface area contributed by atoms with Gasteiger partial charge in [-0.2, -0.15) is 0 Å². The van der Waals surface area contributed by atoms with E-state index in [1.54, 1.807) is 13.0 Å². The summed E-state index contributed by atoms with van der Waals surface area (Å²) in [7, 11) is 1.25. The lowest BCUT2D eigenvalue weighted by Crippen LogP contribution is -2.47. The van der Waals surface area contributed by atoms with Gasteiger partial charge in [-0.05, 0) is 30.5 Å². The molecule has 0 saturated carbocycles. The summed E-state index contributed by atoms with van der Waals surface area (Å²) in [5.74, 6) is -0.917. The number of carboxylic acid groups (broad SMARTS) is 1. The van der Waals surface area contributed by atoms with E-state index in [9.17, 15) is 19.5 Å². The predicted octanol–water partition coefficient (Wildman–Crippen LogP) is 1.98. The highest BCUT2D eigenvalue weighted by Gasteiger charge is 2.33. The molecule has 0 fully saturated rings. The van der Waals surface area contributed by atoms with Gasteiger partial charge in [0.15, 0.2) is 6.10 Å². The number of rotatable bonds is 5. The van der Waals surface area contributed by atoms with E-state index < -0.39 is 18.2 Å². The van der Waals surface area contributed by atoms with Crippen LogP contribution in [0.5, 0.6) is 5.75 Å². The van der Waals surface area contributed by atoms with Crippen LogP contribution in [0.25, 0.3) is 0 Å². The molecule has 1 atom stereocenters. The minimum absolute atomic E-state index is 0.0117. The van der Waals surface area contributed by atoms with Crippen LogP contribution in [0.2, 0.25) is 0 Å². The number of carbonyl (C=O) groups is 3. The van der Waals surface area contributed by atoms with Crippen molar-refractivity contribution in [2.45, 2.75) is 32.8 Å². The van der Waals surface area contributed by atoms with Crippen molar-refractivity contribution in [2.24, 2.45) is 0 Å². The lowest BCUT2D eigenvalue weighted by molar-refractivity contribution is -0.125. The van der Waals surface area contributed by atoms with Gasteiger partial charge in [0.05, 0.1) is 18.4 Å². The van der Waals surface area contributed by atoms with E-state index in [0.717, 1.165) is 0 Å². The van der Waals surface area contributed by atoms with E-state index in [0.29, 0.717) is 17.0 Å². The van der Waals surface area contributed by atoms with Gasteiger partial charge in [0.25, 0.3) is 5.91 Å². The fourth-order valence-corrected chi connectivity index (χ4v) is 2.70. The van der Waals surface area contributed by atoms with Gasteiger partial charge in [-0.25, -0.2) is 9.59 Å². The maximum absolute atomic E-state index is 12.4. The summed E-state index contributed by atoms with van der Waals surface area (Å²) >= 11 is 0. The van der Waals surface area contributed by atoms with Crippen molar-refractivity contribution >= 4 is 23.7 Å². The van der Waals surface area contributed by atoms with Crippen LogP contribution in [0, 0.1) is 0 Å². The van der Waals surface area contributed by atoms with Crippen LogP contribution in [0.15, 0.2) is 12.1 Å². The SMILES string of the molecule is COC(=O)NCCN1C(=O)[C@@H](C)Oc2cc(C(C)C)c(C(=O)O)cc21. The van der Waals surface area contributed by atoms with Crippen molar-refractivity contribution in [1.82, 2.24) is 5.32 Å². The summed E-state index contributed by atoms with van der Waals surface area (Å²) in [6.45, 7) is 5.76. The summed E-state index contributed by atoms with van der Waals surface area (Å²) in [6.07, 6.45) is -1.29. The largest absolute Gasteiger partial charge is 0.479 e. The molecule has 0 spiro atoms. The van der Waals surface area contributed by atoms with E-state index in [1.165, 1.54) is 18.1 Å². The molecule has 1 aromatic carbocycles. The normalized spacial score (nSPS) is 16.3. The van der Waals surface area contributed by atoms with Gasteiger partial charge in [-0.3, -0.25) is 4.79 Å². The number of anilines is 1. The number of alkyl carbamates (subject to hydrolysis) is 1. The second-order valence-electron chi connectivity index (χ2n) is 6.04. The summed E-state index contributed by atoms with van der Waals surface area (Å²) in [5, 5.41) is 12.0. The monoisotopic (exact) mass is 350 g/mol. The summed E-state index contributed by atoms with van der Waals surface area (Å²) in [4.78, 5) is 36.6. The number of carboxylic acids is 1. The molecule has 8 nitrogen and oxygen atoms in total. The molecule has 1 aliphatic rings. The van der Waals surface area contributed by atoms with Gasteiger partial charge in [0.1, 0.15) is 5.75 Å². The number of amides is 2. The standard InChI is InChI=1S/C17H22N2O6/c1-9(2)11-8-14-13(7-12(11)16(21)22)19(15(20)10(3)25-14)6-5-18-17(23)24-4/h7-10H,5-6H2,1-4H3,(H,18,23)(H,21,22)/t10-/m1/s1. The molecular weight excluding hydrogens is 328 g/mol. The van der Waals surface area contributed by atoms with Crippen molar-refractivity contribution in [3.05, 3.63) is 23.3 Å². The molecule has 0 aliphatic carbocycles. The van der Waals surface area contributed by atoms with Crippen LogP contribution >= 0.6 is 0 Å². The lowest BCUT2D eigenvalue weighted by atomic mass is 9.95. The van der Waals surface area contributed by atoms with Gasteiger partial charge >= 0.3 is 12.1 Å². The van der Waals surface area contributed by atoms with Crippen LogP contribution in [-0.2, 0) is 9.53 Å². The van der Waals surface area contributed by atoms with E-state index in [1.807, 2.05) is 13.8 Å². The Morgan fingerprint density at radius 1 is 1.40 bits per heavy atom. The molecule has 8 heteroatoms. The maximum Gasteiger partial charge on any atom is 0.406 e. The van der Waals surface area contributed by atoms with Crippen molar-refractivity contribution < 1.29 is 29.0 Å². The molecule has 1 heterocycles. The first-order chi connectivity index (χ1) is 11.8. The molecule has 0 bridgehead atoms. The van der Waals surface area contributed by atoms with Crippen LogP contribution in [0.4, 0.5) is 10.5 Å². The Balaban J connectivity index is 2.40. The number of nitrogens with one attached hydrogen (secondary N) is 1. The molecule has 2 amide bonds. The Morgan fingerprint density at radius 2 is 2.08 bits per heavy atom. The van der Waals surface area contributed by atoms with E-state index in [-0.39, 0.29) is 30.5 Å². The number of fused-ring (bicyclic) bond motifs is 1. The minimum Gasteiger partial charge on any atom is -0.479 e. The number of carbonyl (C=O) groups excluding carboxylic acids is 2. The number of benzene rings is 1. The first kappa shape index (κ1) is 18.6. The number of methoxy groups -OCH3 is 1. The molecule has 2 N–H and O–H groups in total. The van der Waals surface area contributed by atoms with Crippen molar-refractivity contribution in [3.8, 4) is 5.75 Å². The molecule has 0 radical (unpaired) electrons. The third kappa shape index (κ3) is 3.84. The van der Waals surface area contributed by atoms with Gasteiger partial charge < -0.3 is 24.8 Å². The predicted molar refractivity (Wildman–Crippen MR) is 90.3 cm³/mol. The summed E-state index contributed by atoms with van der Waals surface area (Å²) < 4.78 is 10.1. The summed E-state index contributed by atoms with van der Waals surface area (Å²) in [6, 6.07) is 3.13. The number of hydrogen-bond donors (Lipinski definition) is 2. The zero-order valence-electron chi connectivity index (χ0n) is 14.7. The van der Waals surface area contributed by atoms with E-state index in [4.69, 9.17) is 4.74 Å². The molecular formula is C17H22N2O6. The third-order valence-electron chi connectivity index (χ3n) is 3.98. The highest BCUT2D eigenvalue weighted by molar-refractivity contribution is 6.02. The van der Waals surface area contributed by atoms with Crippen molar-refractivity contribution in [3.63, 3.8) is 0 Å². The van der Waals surface area contributed by atoms with Crippen molar-refractivity contribution in [1.29, 1.82) is 0 Å². The fourth-order valence-electron chi connectivity index (χ4n) is 2.70. The molecule has 136 valence electrons. The summed E-state index contributed by atoms with van der Waals surface area (Å²) in [5.41, 5.74) is 1.16. The maximum atomic E-state index is 12.4. The topological polar surface area (TPSA) is 105 Å². The van der Waals surface area contributed by atoms with Crippen LogP contribution in [0.3, 0.4) is 0 Å². The van der Waals surface area contributed by atoms with Gasteiger partial charge in [0, 0.05) is 13.1 Å². The molecule has 25 heavy (non-hydrogen) atoms. The molecule has 0 saturated heterocycles. The van der Waals surface area contributed by atoms with Crippen LogP contribution in [-0.4, -0.2) is 49.4 Å². The van der Waals surface area contributed by atoms with Gasteiger partial charge in [0.2, 0.25) is 0 Å². The molecule has 2 rings (SSSR count). The van der Waals surface area contributed by atoms with Crippen LogP contribution < -0.4 is 15.0 Å². The highest BCUT2D eigenvalue weighted by atomic mass is 16.5. The first-order valence-electron chi connectivity index (χ1n) is 7.97. The highest BCUT2D eigenvalue weighted by Crippen LogP contribution is 2.38. The molecule has 1 aliphatic heterocycles. The zero-order valence-corrected chi connectivity index (χ0v) is 14.7. The second-order valence-corrected chi connectivity index (χ2v) is 6.04. The zero-order chi connectivity index (χ0) is 18.7. The quantitative estimate of drug-likeness (QED) is 0.841. The second kappa shape index (κ2) is 7.42. The Labute approximate surface area is 145 Å². The smallest absolute Gasteiger partial charge is 0.406 e. The number of ether oxygens (including phenoxy) is 2. The molecule has 0 aromatic heterocycles. The average molecular weight is 350 g/mol. The fraction of sp³-hybridized carbons (Fsp3) is 0.471. The average Bonchev–Trinajstić information content (AvgIpc) is 2.56. The molecule has 1 aromatic rings. The van der Waals surface area contributed by atoms with E-state index >= 15 is 0 Å². The van der Waals surface area contributed by atoms with Gasteiger partial charge in [-0.15, -0.1) is 0 Å². The Kier molecular flexibility index (Phi) is 5.51. The van der Waals surface area contributed by atoms with Crippen LogP contribution in [0.1, 0.15) is 42.6 Å². The number of aromatic carboxylic acids is 1. The van der Waals surface area contributed by atoms with Crippen molar-refractivity contribution in [2.75, 3.05) is 25.1 Å². The molecule has 0 unspecified atom stereocenters. The Bertz CT molecular complexity index is 701. The number of hydrogen-bond acceptors (Lipinski definition) is 5. The minimum atomic E-state index is -1.06. The first-order valence-corrected chi connectivity index (χ1v) is 7.97. The Morgan fingerprint density at radius 3 is 2.64 bits per heavy atom. The van der Waals surface area contributed by atoms with Gasteiger partial charge in [-0.1, -0.05) is 13.8 Å². The van der Waals surface area contributed by atoms with E-state index in [2.05, 4.69) is 10.1 Å².